The Hall–Kier alpha value is -0.370. The average Bonchev–Trinajstić information content (AvgIpc) is 2.42. The minimum Gasteiger partial charge on any atom is -0.302 e. The van der Waals surface area contributed by atoms with Crippen LogP contribution in [0, 0.1) is 11.3 Å². The van der Waals surface area contributed by atoms with Crippen LogP contribution in [0.1, 0.15) is 59.8 Å². The van der Waals surface area contributed by atoms with Gasteiger partial charge in [-0.2, -0.15) is 0 Å². The molecule has 0 radical (unpaired) electrons. The number of carbonyl (C=O) groups excluding carboxylic acids is 1. The van der Waals surface area contributed by atoms with Gasteiger partial charge in [0.05, 0.1) is 0 Å². The lowest BCUT2D eigenvalue weighted by Gasteiger charge is -2.36. The van der Waals surface area contributed by atoms with E-state index in [9.17, 15) is 4.79 Å². The minimum atomic E-state index is 0.280. The van der Waals surface area contributed by atoms with Crippen LogP contribution < -0.4 is 0 Å². The second-order valence-electron chi connectivity index (χ2n) is 6.74. The van der Waals surface area contributed by atoms with E-state index in [1.54, 1.807) is 0 Å². The van der Waals surface area contributed by atoms with E-state index in [-0.39, 0.29) is 11.3 Å². The van der Waals surface area contributed by atoms with Gasteiger partial charge in [-0.15, -0.1) is 0 Å². The predicted octanol–water partition coefficient (Wildman–Crippen LogP) is 3.50. The molecule has 0 spiro atoms. The SMILES string of the molecule is CC(N(C)CC1CCCCCC1=O)C(C)(C)C. The highest BCUT2D eigenvalue weighted by molar-refractivity contribution is 5.81. The van der Waals surface area contributed by atoms with Crippen molar-refractivity contribution >= 4 is 5.78 Å². The zero-order valence-electron chi connectivity index (χ0n) is 12.3. The maximum atomic E-state index is 12.0. The van der Waals surface area contributed by atoms with Crippen molar-refractivity contribution in [1.29, 1.82) is 0 Å². The lowest BCUT2D eigenvalue weighted by Crippen LogP contribution is -2.42. The molecule has 0 aromatic carbocycles. The van der Waals surface area contributed by atoms with Crippen LogP contribution in [0.2, 0.25) is 0 Å². The quantitative estimate of drug-likeness (QED) is 0.703. The molecule has 1 aliphatic carbocycles. The van der Waals surface area contributed by atoms with E-state index in [0.29, 0.717) is 11.8 Å². The van der Waals surface area contributed by atoms with E-state index in [4.69, 9.17) is 0 Å². The van der Waals surface area contributed by atoms with E-state index in [0.717, 1.165) is 25.8 Å². The van der Waals surface area contributed by atoms with Gasteiger partial charge in [0, 0.05) is 24.9 Å². The number of Topliss-reactive ketones (excluding diaryl/α,β-unsaturated/α-hetero) is 1. The molecule has 0 heterocycles. The molecule has 0 aliphatic heterocycles. The van der Waals surface area contributed by atoms with Crippen molar-refractivity contribution in [2.75, 3.05) is 13.6 Å². The smallest absolute Gasteiger partial charge is 0.137 e. The fourth-order valence-electron chi connectivity index (χ4n) is 2.59. The lowest BCUT2D eigenvalue weighted by molar-refractivity contribution is -0.123. The summed E-state index contributed by atoms with van der Waals surface area (Å²) in [5, 5.41) is 0. The van der Waals surface area contributed by atoms with Crippen molar-refractivity contribution in [2.45, 2.75) is 65.8 Å². The molecule has 0 bridgehead atoms. The maximum Gasteiger partial charge on any atom is 0.137 e. The summed E-state index contributed by atoms with van der Waals surface area (Å²) in [6.07, 6.45) is 5.48. The monoisotopic (exact) mass is 239 g/mol. The Kier molecular flexibility index (Phi) is 5.18. The van der Waals surface area contributed by atoms with Crippen molar-refractivity contribution in [3.05, 3.63) is 0 Å². The summed E-state index contributed by atoms with van der Waals surface area (Å²) < 4.78 is 0. The molecule has 0 amide bonds. The zero-order chi connectivity index (χ0) is 13.1. The summed E-state index contributed by atoms with van der Waals surface area (Å²) in [4.78, 5) is 14.4. The Morgan fingerprint density at radius 3 is 2.53 bits per heavy atom. The van der Waals surface area contributed by atoms with Crippen LogP contribution in [0.5, 0.6) is 0 Å². The molecule has 1 rings (SSSR count). The Balaban J connectivity index is 2.54. The first-order valence-electron chi connectivity index (χ1n) is 7.05. The summed E-state index contributed by atoms with van der Waals surface area (Å²) >= 11 is 0. The van der Waals surface area contributed by atoms with Crippen molar-refractivity contribution < 1.29 is 4.79 Å². The largest absolute Gasteiger partial charge is 0.302 e. The molecule has 17 heavy (non-hydrogen) atoms. The van der Waals surface area contributed by atoms with Gasteiger partial charge in [0.15, 0.2) is 0 Å². The Labute approximate surface area is 107 Å². The van der Waals surface area contributed by atoms with Crippen molar-refractivity contribution in [3.63, 3.8) is 0 Å². The van der Waals surface area contributed by atoms with Gasteiger partial charge in [0.2, 0.25) is 0 Å². The topological polar surface area (TPSA) is 20.3 Å². The van der Waals surface area contributed by atoms with Crippen LogP contribution in [0.4, 0.5) is 0 Å². The molecule has 0 N–H and O–H groups in total. The van der Waals surface area contributed by atoms with Crippen LogP contribution in [0.3, 0.4) is 0 Å². The zero-order valence-corrected chi connectivity index (χ0v) is 12.3. The van der Waals surface area contributed by atoms with Crippen LogP contribution >= 0.6 is 0 Å². The lowest BCUT2D eigenvalue weighted by atomic mass is 9.86. The second-order valence-corrected chi connectivity index (χ2v) is 6.74. The van der Waals surface area contributed by atoms with Crippen LogP contribution in [0.25, 0.3) is 0 Å². The Morgan fingerprint density at radius 2 is 1.94 bits per heavy atom. The van der Waals surface area contributed by atoms with Crippen LogP contribution in [-0.2, 0) is 4.79 Å². The van der Waals surface area contributed by atoms with Gasteiger partial charge in [-0.05, 0) is 32.2 Å². The maximum absolute atomic E-state index is 12.0. The molecule has 1 aliphatic rings. The first-order valence-corrected chi connectivity index (χ1v) is 7.05. The molecule has 1 saturated carbocycles. The molecule has 1 fully saturated rings. The Bertz CT molecular complexity index is 254. The number of hydrogen-bond acceptors (Lipinski definition) is 2. The highest BCUT2D eigenvalue weighted by Gasteiger charge is 2.28. The van der Waals surface area contributed by atoms with E-state index in [1.165, 1.54) is 12.8 Å². The van der Waals surface area contributed by atoms with Gasteiger partial charge >= 0.3 is 0 Å². The summed E-state index contributed by atoms with van der Waals surface area (Å²) in [5.74, 6) is 0.780. The standard InChI is InChI=1S/C15H29NO/c1-12(15(2,3)4)16(5)11-13-9-7-6-8-10-14(13)17/h12-13H,6-11H2,1-5H3. The number of ketones is 1. The van der Waals surface area contributed by atoms with Gasteiger partial charge < -0.3 is 4.90 Å². The molecule has 0 aromatic heterocycles. The second kappa shape index (κ2) is 5.99. The van der Waals surface area contributed by atoms with Crippen molar-refractivity contribution in [2.24, 2.45) is 11.3 Å². The molecule has 2 unspecified atom stereocenters. The molecule has 2 heteroatoms. The summed E-state index contributed by atoms with van der Waals surface area (Å²) in [7, 11) is 2.16. The van der Waals surface area contributed by atoms with E-state index in [2.05, 4.69) is 39.6 Å². The predicted molar refractivity (Wildman–Crippen MR) is 73.1 cm³/mol. The van der Waals surface area contributed by atoms with Gasteiger partial charge in [0.25, 0.3) is 0 Å². The number of hydrogen-bond donors (Lipinski definition) is 0. The third kappa shape index (κ3) is 4.42. The highest BCUT2D eigenvalue weighted by Crippen LogP contribution is 2.26. The van der Waals surface area contributed by atoms with E-state index in [1.807, 2.05) is 0 Å². The van der Waals surface area contributed by atoms with E-state index >= 15 is 0 Å². The van der Waals surface area contributed by atoms with Gasteiger partial charge in [-0.1, -0.05) is 33.6 Å². The summed E-state index contributed by atoms with van der Waals surface area (Å²) in [6.45, 7) is 10.0. The van der Waals surface area contributed by atoms with Crippen molar-refractivity contribution in [3.8, 4) is 0 Å². The van der Waals surface area contributed by atoms with Crippen LogP contribution in [0.15, 0.2) is 0 Å². The number of carbonyl (C=O) groups is 1. The number of nitrogens with zero attached hydrogens (tertiary/aromatic N) is 1. The fraction of sp³-hybridized carbons (Fsp3) is 0.933. The van der Waals surface area contributed by atoms with E-state index < -0.39 is 0 Å². The fourth-order valence-corrected chi connectivity index (χ4v) is 2.59. The molecule has 2 atom stereocenters. The number of rotatable bonds is 3. The van der Waals surface area contributed by atoms with Gasteiger partial charge in [-0.3, -0.25) is 4.79 Å². The van der Waals surface area contributed by atoms with Gasteiger partial charge in [-0.25, -0.2) is 0 Å². The molecule has 0 aromatic rings. The summed E-state index contributed by atoms with van der Waals surface area (Å²) in [5.41, 5.74) is 0.280. The van der Waals surface area contributed by atoms with Gasteiger partial charge in [0.1, 0.15) is 5.78 Å². The third-order valence-corrected chi connectivity index (χ3v) is 4.35. The minimum absolute atomic E-state index is 0.280. The first-order chi connectivity index (χ1) is 7.82. The first kappa shape index (κ1) is 14.7. The highest BCUT2D eigenvalue weighted by atomic mass is 16.1. The average molecular weight is 239 g/mol. The van der Waals surface area contributed by atoms with Crippen molar-refractivity contribution in [1.82, 2.24) is 4.90 Å². The molecular formula is C15H29NO. The normalized spacial score (nSPS) is 24.8. The van der Waals surface area contributed by atoms with Crippen LogP contribution in [-0.4, -0.2) is 30.3 Å². The molecule has 100 valence electrons. The molecule has 2 nitrogen and oxygen atoms in total. The third-order valence-electron chi connectivity index (χ3n) is 4.35. The molecule has 0 saturated heterocycles. The molecular weight excluding hydrogens is 210 g/mol. The summed E-state index contributed by atoms with van der Waals surface area (Å²) in [6, 6.07) is 0.513. The Morgan fingerprint density at radius 1 is 1.29 bits per heavy atom.